The molecule has 34 heavy (non-hydrogen) atoms. The van der Waals surface area contributed by atoms with Gasteiger partial charge in [-0.25, -0.2) is 27.3 Å². The topological polar surface area (TPSA) is 115 Å². The van der Waals surface area contributed by atoms with Gasteiger partial charge in [0.2, 0.25) is 10.0 Å². The zero-order chi connectivity index (χ0) is 25.7. The van der Waals surface area contributed by atoms with Gasteiger partial charge in [-0.3, -0.25) is 9.69 Å². The molecule has 0 fully saturated rings. The first-order valence-corrected chi connectivity index (χ1v) is 12.0. The van der Waals surface area contributed by atoms with Gasteiger partial charge in [0.25, 0.3) is 0 Å². The highest BCUT2D eigenvalue weighted by atomic mass is 32.2. The maximum atomic E-state index is 13.1. The number of carbonyl (C=O) groups excluding carboxylic acids is 2. The average Bonchev–Trinajstić information content (AvgIpc) is 2.68. The number of amides is 1. The molecule has 1 aromatic carbocycles. The van der Waals surface area contributed by atoms with Crippen molar-refractivity contribution in [1.29, 1.82) is 0 Å². The van der Waals surface area contributed by atoms with E-state index in [1.807, 2.05) is 0 Å². The number of anilines is 1. The van der Waals surface area contributed by atoms with Crippen molar-refractivity contribution < 1.29 is 31.9 Å². The SMILES string of the molecule is CC(C)(C)OC(=O)CN(C(=O)OC(C)(C)C)c1cccc(CNS(=O)(=O)c2ccc(F)cc2)n1. The van der Waals surface area contributed by atoms with E-state index in [1.165, 1.54) is 6.07 Å². The predicted molar refractivity (Wildman–Crippen MR) is 124 cm³/mol. The first-order valence-electron chi connectivity index (χ1n) is 10.5. The number of sulfonamides is 1. The number of nitrogens with zero attached hydrogens (tertiary/aromatic N) is 2. The highest BCUT2D eigenvalue weighted by Crippen LogP contribution is 2.18. The standard InChI is InChI=1S/C23H30FN3O6S/c1-22(2,3)32-20(28)15-27(21(29)33-23(4,5)6)19-9-7-8-17(26-19)14-25-34(30,31)18-12-10-16(24)11-13-18/h7-13,25H,14-15H2,1-6H3. The summed E-state index contributed by atoms with van der Waals surface area (Å²) in [5, 5.41) is 0. The maximum absolute atomic E-state index is 13.1. The third-order valence-corrected chi connectivity index (χ3v) is 5.37. The number of pyridine rings is 1. The molecule has 0 radical (unpaired) electrons. The van der Waals surface area contributed by atoms with Crippen LogP contribution in [-0.2, 0) is 30.8 Å². The summed E-state index contributed by atoms with van der Waals surface area (Å²) >= 11 is 0. The van der Waals surface area contributed by atoms with Crippen LogP contribution in [0.5, 0.6) is 0 Å². The van der Waals surface area contributed by atoms with Crippen LogP contribution in [0.4, 0.5) is 15.0 Å². The van der Waals surface area contributed by atoms with E-state index in [4.69, 9.17) is 9.47 Å². The second kappa shape index (κ2) is 10.5. The number of ether oxygens (including phenoxy) is 2. The Bertz CT molecular complexity index is 1120. The van der Waals surface area contributed by atoms with Gasteiger partial charge in [0, 0.05) is 0 Å². The minimum absolute atomic E-state index is 0.0820. The Hall–Kier alpha value is -3.05. The van der Waals surface area contributed by atoms with Crippen molar-refractivity contribution in [1.82, 2.24) is 9.71 Å². The second-order valence-corrected chi connectivity index (χ2v) is 11.2. The molecule has 1 amide bonds. The number of nitrogens with one attached hydrogen (secondary N) is 1. The number of hydrogen-bond acceptors (Lipinski definition) is 7. The van der Waals surface area contributed by atoms with E-state index < -0.39 is 45.6 Å². The summed E-state index contributed by atoms with van der Waals surface area (Å²) in [7, 11) is -3.92. The fourth-order valence-electron chi connectivity index (χ4n) is 2.64. The Morgan fingerprint density at radius 3 is 2.12 bits per heavy atom. The lowest BCUT2D eigenvalue weighted by Gasteiger charge is -2.27. The number of carbonyl (C=O) groups is 2. The molecule has 0 saturated heterocycles. The molecule has 0 aliphatic rings. The van der Waals surface area contributed by atoms with Gasteiger partial charge in [-0.1, -0.05) is 6.07 Å². The predicted octanol–water partition coefficient (Wildman–Crippen LogP) is 3.78. The molecule has 1 aromatic heterocycles. The van der Waals surface area contributed by atoms with E-state index >= 15 is 0 Å². The van der Waals surface area contributed by atoms with Crippen LogP contribution in [0.1, 0.15) is 47.2 Å². The zero-order valence-corrected chi connectivity index (χ0v) is 20.9. The van der Waals surface area contributed by atoms with Gasteiger partial charge in [0.1, 0.15) is 29.4 Å². The first-order chi connectivity index (χ1) is 15.6. The summed E-state index contributed by atoms with van der Waals surface area (Å²) in [6.45, 7) is 9.50. The van der Waals surface area contributed by atoms with Gasteiger partial charge in [0.05, 0.1) is 17.1 Å². The van der Waals surface area contributed by atoms with Gasteiger partial charge in [-0.15, -0.1) is 0 Å². The molecule has 0 saturated carbocycles. The van der Waals surface area contributed by atoms with Crippen molar-refractivity contribution in [2.24, 2.45) is 0 Å². The summed E-state index contributed by atoms with van der Waals surface area (Å²) in [6, 6.07) is 8.99. The molecule has 0 atom stereocenters. The molecule has 0 bridgehead atoms. The Balaban J connectivity index is 2.25. The molecule has 1 N–H and O–H groups in total. The monoisotopic (exact) mass is 495 g/mol. The van der Waals surface area contributed by atoms with Crippen LogP contribution < -0.4 is 9.62 Å². The molecular formula is C23H30FN3O6S. The maximum Gasteiger partial charge on any atom is 0.416 e. The van der Waals surface area contributed by atoms with Crippen LogP contribution in [0.25, 0.3) is 0 Å². The third-order valence-electron chi connectivity index (χ3n) is 3.96. The zero-order valence-electron chi connectivity index (χ0n) is 20.1. The van der Waals surface area contributed by atoms with E-state index in [1.54, 1.807) is 53.7 Å². The molecule has 2 rings (SSSR count). The van der Waals surface area contributed by atoms with Crippen molar-refractivity contribution in [2.45, 2.75) is 64.2 Å². The van der Waals surface area contributed by atoms with Gasteiger partial charge in [-0.2, -0.15) is 0 Å². The molecule has 2 aromatic rings. The van der Waals surface area contributed by atoms with E-state index in [-0.39, 0.29) is 23.0 Å². The van der Waals surface area contributed by atoms with Crippen LogP contribution in [0.3, 0.4) is 0 Å². The smallest absolute Gasteiger partial charge is 0.416 e. The summed E-state index contributed by atoms with van der Waals surface area (Å²) in [4.78, 5) is 30.5. The highest BCUT2D eigenvalue weighted by Gasteiger charge is 2.28. The first kappa shape index (κ1) is 27.2. The number of rotatable bonds is 7. The van der Waals surface area contributed by atoms with Crippen LogP contribution in [-0.4, -0.2) is 43.2 Å². The minimum atomic E-state index is -3.92. The van der Waals surface area contributed by atoms with E-state index in [0.717, 1.165) is 29.2 Å². The Kier molecular flexibility index (Phi) is 8.38. The fourth-order valence-corrected chi connectivity index (χ4v) is 3.64. The second-order valence-electron chi connectivity index (χ2n) is 9.42. The normalized spacial score (nSPS) is 12.2. The number of benzene rings is 1. The van der Waals surface area contributed by atoms with Gasteiger partial charge in [-0.05, 0) is 77.9 Å². The van der Waals surface area contributed by atoms with Gasteiger partial charge < -0.3 is 9.47 Å². The van der Waals surface area contributed by atoms with Crippen LogP contribution in [0.15, 0.2) is 47.4 Å². The summed E-state index contributed by atoms with van der Waals surface area (Å²) in [5.74, 6) is -1.14. The van der Waals surface area contributed by atoms with Crippen molar-refractivity contribution >= 4 is 27.9 Å². The number of halogens is 1. The van der Waals surface area contributed by atoms with Crippen molar-refractivity contribution in [3.05, 3.63) is 54.0 Å². The molecule has 1 heterocycles. The fraction of sp³-hybridized carbons (Fsp3) is 0.435. The molecule has 186 valence electrons. The molecule has 11 heteroatoms. The van der Waals surface area contributed by atoms with E-state index in [0.29, 0.717) is 0 Å². The van der Waals surface area contributed by atoms with Crippen molar-refractivity contribution in [3.8, 4) is 0 Å². The quantitative estimate of drug-likeness (QED) is 0.581. The molecular weight excluding hydrogens is 465 g/mol. The Morgan fingerprint density at radius 2 is 1.56 bits per heavy atom. The van der Waals surface area contributed by atoms with E-state index in [2.05, 4.69) is 9.71 Å². The third kappa shape index (κ3) is 8.71. The van der Waals surface area contributed by atoms with Crippen LogP contribution in [0.2, 0.25) is 0 Å². The minimum Gasteiger partial charge on any atom is -0.459 e. The Labute approximate surface area is 199 Å². The lowest BCUT2D eigenvalue weighted by molar-refractivity contribution is -0.153. The van der Waals surface area contributed by atoms with Crippen molar-refractivity contribution in [3.63, 3.8) is 0 Å². The summed E-state index contributed by atoms with van der Waals surface area (Å²) in [6.07, 6.45) is -0.810. The van der Waals surface area contributed by atoms with Crippen LogP contribution >= 0.6 is 0 Å². The molecule has 0 unspecified atom stereocenters. The summed E-state index contributed by atoms with van der Waals surface area (Å²) < 4.78 is 51.1. The lowest BCUT2D eigenvalue weighted by Crippen LogP contribution is -2.42. The molecule has 9 nitrogen and oxygen atoms in total. The number of hydrogen-bond donors (Lipinski definition) is 1. The van der Waals surface area contributed by atoms with Gasteiger partial charge in [0.15, 0.2) is 0 Å². The van der Waals surface area contributed by atoms with Crippen LogP contribution in [0, 0.1) is 5.82 Å². The average molecular weight is 496 g/mol. The lowest BCUT2D eigenvalue weighted by atomic mass is 10.2. The Morgan fingerprint density at radius 1 is 0.971 bits per heavy atom. The number of aromatic nitrogens is 1. The largest absolute Gasteiger partial charge is 0.459 e. The van der Waals surface area contributed by atoms with E-state index in [9.17, 15) is 22.4 Å². The molecule has 0 spiro atoms. The molecule has 0 aliphatic heterocycles. The summed E-state index contributed by atoms with van der Waals surface area (Å²) in [5.41, 5.74) is -1.31. The van der Waals surface area contributed by atoms with Crippen molar-refractivity contribution in [2.75, 3.05) is 11.4 Å². The number of esters is 1. The highest BCUT2D eigenvalue weighted by molar-refractivity contribution is 7.89. The van der Waals surface area contributed by atoms with Gasteiger partial charge >= 0.3 is 12.1 Å². The molecule has 0 aliphatic carbocycles.